The average molecular weight is 258 g/mol. The molecule has 0 saturated carbocycles. The highest BCUT2D eigenvalue weighted by molar-refractivity contribution is 7.99. The Balaban J connectivity index is 2.17. The Morgan fingerprint density at radius 1 is 1.41 bits per heavy atom. The van der Waals surface area contributed by atoms with Gasteiger partial charge in [-0.2, -0.15) is 11.8 Å². The quantitative estimate of drug-likeness (QED) is 0.763. The van der Waals surface area contributed by atoms with Gasteiger partial charge in [-0.3, -0.25) is 4.90 Å². The van der Waals surface area contributed by atoms with Gasteiger partial charge >= 0.3 is 0 Å². The van der Waals surface area contributed by atoms with Crippen LogP contribution in [0.15, 0.2) is 0 Å². The van der Waals surface area contributed by atoms with Gasteiger partial charge in [0.1, 0.15) is 0 Å². The zero-order valence-corrected chi connectivity index (χ0v) is 13.1. The molecule has 0 spiro atoms. The van der Waals surface area contributed by atoms with Gasteiger partial charge in [0.05, 0.1) is 0 Å². The van der Waals surface area contributed by atoms with Crippen molar-refractivity contribution in [3.8, 4) is 0 Å². The van der Waals surface area contributed by atoms with Crippen molar-refractivity contribution in [1.29, 1.82) is 0 Å². The topological polar surface area (TPSA) is 15.3 Å². The Hall–Kier alpha value is 0.270. The molecule has 0 radical (unpaired) electrons. The van der Waals surface area contributed by atoms with E-state index in [1.807, 2.05) is 0 Å². The summed E-state index contributed by atoms with van der Waals surface area (Å²) in [6, 6.07) is 1.51. The van der Waals surface area contributed by atoms with Crippen molar-refractivity contribution in [1.82, 2.24) is 10.2 Å². The highest BCUT2D eigenvalue weighted by Crippen LogP contribution is 2.20. The van der Waals surface area contributed by atoms with Gasteiger partial charge in [0, 0.05) is 35.7 Å². The normalized spacial score (nSPS) is 24.9. The SMILES string of the molecule is CC(CCCNC(C)(C)C)N1CCSCC1C. The maximum absolute atomic E-state index is 3.57. The number of rotatable bonds is 5. The maximum atomic E-state index is 3.57. The van der Waals surface area contributed by atoms with Crippen LogP contribution in [0.3, 0.4) is 0 Å². The molecule has 1 aliphatic heterocycles. The summed E-state index contributed by atoms with van der Waals surface area (Å²) in [6.45, 7) is 13.9. The number of nitrogens with zero attached hydrogens (tertiary/aromatic N) is 1. The molecule has 1 aliphatic rings. The van der Waals surface area contributed by atoms with Crippen molar-refractivity contribution in [3.63, 3.8) is 0 Å². The molecule has 1 saturated heterocycles. The molecule has 2 unspecified atom stereocenters. The van der Waals surface area contributed by atoms with Gasteiger partial charge in [0.2, 0.25) is 0 Å². The van der Waals surface area contributed by atoms with Crippen LogP contribution < -0.4 is 5.32 Å². The molecule has 1 N–H and O–H groups in total. The molecule has 1 fully saturated rings. The van der Waals surface area contributed by atoms with Crippen LogP contribution in [-0.4, -0.2) is 47.1 Å². The fourth-order valence-electron chi connectivity index (χ4n) is 2.42. The smallest absolute Gasteiger partial charge is 0.0161 e. The molecule has 0 aromatic carbocycles. The van der Waals surface area contributed by atoms with Crippen LogP contribution >= 0.6 is 11.8 Å². The van der Waals surface area contributed by atoms with Crippen LogP contribution in [0.5, 0.6) is 0 Å². The van der Waals surface area contributed by atoms with Crippen molar-refractivity contribution in [2.24, 2.45) is 0 Å². The third kappa shape index (κ3) is 6.12. The monoisotopic (exact) mass is 258 g/mol. The third-order valence-electron chi connectivity index (χ3n) is 3.44. The summed E-state index contributed by atoms with van der Waals surface area (Å²) in [7, 11) is 0. The van der Waals surface area contributed by atoms with E-state index >= 15 is 0 Å². The second-order valence-corrected chi connectivity index (χ2v) is 7.48. The van der Waals surface area contributed by atoms with Crippen LogP contribution in [0.1, 0.15) is 47.5 Å². The summed E-state index contributed by atoms with van der Waals surface area (Å²) >= 11 is 2.10. The average Bonchev–Trinajstić information content (AvgIpc) is 2.23. The molecule has 3 heteroatoms. The number of hydrogen-bond acceptors (Lipinski definition) is 3. The second kappa shape index (κ2) is 7.01. The van der Waals surface area contributed by atoms with E-state index < -0.39 is 0 Å². The molecule has 0 aliphatic carbocycles. The van der Waals surface area contributed by atoms with Gasteiger partial charge in [-0.05, 0) is 54.0 Å². The van der Waals surface area contributed by atoms with E-state index in [1.165, 1.54) is 30.9 Å². The zero-order chi connectivity index (χ0) is 12.9. The molecule has 0 aromatic heterocycles. The van der Waals surface area contributed by atoms with Crippen molar-refractivity contribution in [2.75, 3.05) is 24.6 Å². The van der Waals surface area contributed by atoms with E-state index in [0.717, 1.165) is 18.6 Å². The molecular formula is C14H30N2S. The Kier molecular flexibility index (Phi) is 6.32. The standard InChI is InChI=1S/C14H30N2S/c1-12(7-6-8-15-14(3,4)5)16-9-10-17-11-13(16)2/h12-13,15H,6-11H2,1-5H3. The molecule has 1 heterocycles. The van der Waals surface area contributed by atoms with Gasteiger partial charge in [-0.15, -0.1) is 0 Å². The Morgan fingerprint density at radius 2 is 2.12 bits per heavy atom. The van der Waals surface area contributed by atoms with Crippen LogP contribution in [0.4, 0.5) is 0 Å². The maximum Gasteiger partial charge on any atom is 0.0161 e. The molecule has 17 heavy (non-hydrogen) atoms. The third-order valence-corrected chi connectivity index (χ3v) is 4.63. The lowest BCUT2D eigenvalue weighted by molar-refractivity contribution is 0.162. The van der Waals surface area contributed by atoms with Crippen molar-refractivity contribution in [3.05, 3.63) is 0 Å². The number of nitrogens with one attached hydrogen (secondary N) is 1. The van der Waals surface area contributed by atoms with E-state index in [1.54, 1.807) is 0 Å². The summed E-state index contributed by atoms with van der Waals surface area (Å²) < 4.78 is 0. The molecular weight excluding hydrogens is 228 g/mol. The minimum Gasteiger partial charge on any atom is -0.312 e. The first-order valence-electron chi connectivity index (χ1n) is 6.98. The fourth-order valence-corrected chi connectivity index (χ4v) is 3.46. The minimum atomic E-state index is 0.262. The first-order chi connectivity index (χ1) is 7.90. The predicted octanol–water partition coefficient (Wildman–Crippen LogP) is 2.98. The zero-order valence-electron chi connectivity index (χ0n) is 12.3. The van der Waals surface area contributed by atoms with Gasteiger partial charge in [-0.1, -0.05) is 0 Å². The lowest BCUT2D eigenvalue weighted by Crippen LogP contribution is -2.46. The Morgan fingerprint density at radius 3 is 2.71 bits per heavy atom. The van der Waals surface area contributed by atoms with Gasteiger partial charge < -0.3 is 5.32 Å². The Bertz CT molecular complexity index is 213. The molecule has 2 nitrogen and oxygen atoms in total. The van der Waals surface area contributed by atoms with Crippen LogP contribution in [0.2, 0.25) is 0 Å². The highest BCUT2D eigenvalue weighted by Gasteiger charge is 2.22. The predicted molar refractivity (Wildman–Crippen MR) is 79.9 cm³/mol. The van der Waals surface area contributed by atoms with Crippen molar-refractivity contribution < 1.29 is 0 Å². The van der Waals surface area contributed by atoms with Gasteiger partial charge in [0.25, 0.3) is 0 Å². The second-order valence-electron chi connectivity index (χ2n) is 6.33. The van der Waals surface area contributed by atoms with Gasteiger partial charge in [-0.25, -0.2) is 0 Å². The molecule has 0 amide bonds. The lowest BCUT2D eigenvalue weighted by atomic mass is 10.1. The highest BCUT2D eigenvalue weighted by atomic mass is 32.2. The van der Waals surface area contributed by atoms with Crippen LogP contribution in [0, 0.1) is 0 Å². The minimum absolute atomic E-state index is 0.262. The van der Waals surface area contributed by atoms with E-state index in [9.17, 15) is 0 Å². The largest absolute Gasteiger partial charge is 0.312 e. The van der Waals surface area contributed by atoms with E-state index in [2.05, 4.69) is 56.6 Å². The molecule has 2 atom stereocenters. The summed E-state index contributed by atoms with van der Waals surface area (Å²) in [6.07, 6.45) is 2.60. The van der Waals surface area contributed by atoms with Crippen LogP contribution in [0.25, 0.3) is 0 Å². The number of thioether (sulfide) groups is 1. The summed E-state index contributed by atoms with van der Waals surface area (Å²) in [5, 5.41) is 3.57. The molecule has 102 valence electrons. The van der Waals surface area contributed by atoms with E-state index in [4.69, 9.17) is 0 Å². The molecule has 0 aromatic rings. The lowest BCUT2D eigenvalue weighted by Gasteiger charge is -2.38. The molecule has 1 rings (SSSR count). The summed E-state index contributed by atoms with van der Waals surface area (Å²) in [5.74, 6) is 2.62. The van der Waals surface area contributed by atoms with Gasteiger partial charge in [0.15, 0.2) is 0 Å². The van der Waals surface area contributed by atoms with E-state index in [-0.39, 0.29) is 5.54 Å². The first kappa shape index (κ1) is 15.3. The van der Waals surface area contributed by atoms with Crippen molar-refractivity contribution in [2.45, 2.75) is 65.1 Å². The van der Waals surface area contributed by atoms with E-state index in [0.29, 0.717) is 0 Å². The number of hydrogen-bond donors (Lipinski definition) is 1. The van der Waals surface area contributed by atoms with Crippen LogP contribution in [-0.2, 0) is 0 Å². The summed E-state index contributed by atoms with van der Waals surface area (Å²) in [5.41, 5.74) is 0.262. The first-order valence-corrected chi connectivity index (χ1v) is 8.14. The van der Waals surface area contributed by atoms with Crippen molar-refractivity contribution >= 4 is 11.8 Å². The molecule has 0 bridgehead atoms. The summed E-state index contributed by atoms with van der Waals surface area (Å²) in [4.78, 5) is 2.69. The fraction of sp³-hybridized carbons (Fsp3) is 1.00. The Labute approximate surface area is 112 Å².